The highest BCUT2D eigenvalue weighted by Gasteiger charge is 2.20. The van der Waals surface area contributed by atoms with Crippen LogP contribution in [0.5, 0.6) is 0 Å². The summed E-state index contributed by atoms with van der Waals surface area (Å²) in [5.74, 6) is -0.397. The van der Waals surface area contributed by atoms with E-state index in [0.717, 1.165) is 11.1 Å². The highest BCUT2D eigenvalue weighted by atomic mass is 32.2. The number of carbonyl (C=O) groups excluding carboxylic acids is 1. The zero-order valence-electron chi connectivity index (χ0n) is 18.1. The molecule has 1 heterocycles. The standard InChI is InChI=1S/C24H22N2O4S2/c1-14-5-7-18(8-6-14)23(27)25-24-30-20-10-9-19(13-21(20)31-24)26-32(28,29)22-16(3)11-15(2)12-17(22)4/h5-13,26H,1-4H3. The molecule has 1 N–H and O–H groups in total. The van der Waals surface area contributed by atoms with Gasteiger partial charge in [-0.05, 0) is 69.2 Å². The maximum absolute atomic E-state index is 13.0. The third kappa shape index (κ3) is 4.51. The van der Waals surface area contributed by atoms with Crippen molar-refractivity contribution in [3.05, 3.63) is 87.3 Å². The minimum atomic E-state index is -3.77. The molecule has 1 amide bonds. The van der Waals surface area contributed by atoms with Crippen molar-refractivity contribution in [3.63, 3.8) is 0 Å². The molecule has 0 radical (unpaired) electrons. The largest absolute Gasteiger partial charge is 0.429 e. The number of sulfonamides is 1. The van der Waals surface area contributed by atoms with Crippen LogP contribution in [-0.2, 0) is 10.0 Å². The van der Waals surface area contributed by atoms with Gasteiger partial charge in [-0.1, -0.05) is 46.7 Å². The fourth-order valence-electron chi connectivity index (χ4n) is 3.63. The third-order valence-corrected chi connectivity index (χ3v) is 7.53. The van der Waals surface area contributed by atoms with Gasteiger partial charge >= 0.3 is 0 Å². The second-order valence-corrected chi connectivity index (χ2v) is 10.4. The van der Waals surface area contributed by atoms with Crippen molar-refractivity contribution in [2.75, 3.05) is 4.72 Å². The van der Waals surface area contributed by atoms with Crippen LogP contribution < -0.4 is 9.59 Å². The van der Waals surface area contributed by atoms with E-state index in [2.05, 4.69) is 9.71 Å². The molecule has 0 spiro atoms. The number of carbonyl (C=O) groups is 1. The van der Waals surface area contributed by atoms with Crippen molar-refractivity contribution in [1.82, 2.24) is 0 Å². The smallest absolute Gasteiger partial charge is 0.282 e. The lowest BCUT2D eigenvalue weighted by molar-refractivity contribution is 0.0996. The van der Waals surface area contributed by atoms with E-state index in [4.69, 9.17) is 4.42 Å². The summed E-state index contributed by atoms with van der Waals surface area (Å²) >= 11 is 1.18. The topological polar surface area (TPSA) is 88.7 Å². The number of fused-ring (bicyclic) bond motifs is 1. The monoisotopic (exact) mass is 466 g/mol. The number of hydrogen-bond donors (Lipinski definition) is 1. The average molecular weight is 467 g/mol. The number of rotatable bonds is 4. The number of benzene rings is 3. The lowest BCUT2D eigenvalue weighted by Crippen LogP contribution is -2.15. The molecular formula is C24H22N2O4S2. The Bertz CT molecular complexity index is 1490. The van der Waals surface area contributed by atoms with Gasteiger partial charge in [0.1, 0.15) is 5.58 Å². The van der Waals surface area contributed by atoms with Gasteiger partial charge in [-0.25, -0.2) is 8.42 Å². The van der Waals surface area contributed by atoms with Gasteiger partial charge < -0.3 is 4.42 Å². The van der Waals surface area contributed by atoms with Gasteiger partial charge in [-0.3, -0.25) is 9.52 Å². The Labute approximate surface area is 190 Å². The van der Waals surface area contributed by atoms with Gasteiger partial charge in [-0.15, -0.1) is 0 Å². The summed E-state index contributed by atoms with van der Waals surface area (Å²) in [4.78, 5) is 16.9. The van der Waals surface area contributed by atoms with Crippen LogP contribution in [0.1, 0.15) is 32.6 Å². The summed E-state index contributed by atoms with van der Waals surface area (Å²) in [6.45, 7) is 7.45. The van der Waals surface area contributed by atoms with E-state index in [1.54, 1.807) is 44.2 Å². The van der Waals surface area contributed by atoms with Crippen molar-refractivity contribution in [3.8, 4) is 0 Å². The van der Waals surface area contributed by atoms with Crippen LogP contribution in [0.4, 0.5) is 5.69 Å². The van der Waals surface area contributed by atoms with Crippen molar-refractivity contribution in [2.24, 2.45) is 4.99 Å². The summed E-state index contributed by atoms with van der Waals surface area (Å²) in [5.41, 5.74) is 4.86. The maximum Gasteiger partial charge on any atom is 0.282 e. The Hall–Kier alpha value is -3.23. The zero-order valence-corrected chi connectivity index (χ0v) is 19.7. The molecule has 0 unspecified atom stereocenters. The summed E-state index contributed by atoms with van der Waals surface area (Å²) in [6.07, 6.45) is 0. The minimum absolute atomic E-state index is 0.204. The van der Waals surface area contributed by atoms with Crippen LogP contribution >= 0.6 is 11.3 Å². The number of anilines is 1. The average Bonchev–Trinajstić information content (AvgIpc) is 3.08. The summed E-state index contributed by atoms with van der Waals surface area (Å²) in [6, 6.07) is 15.8. The number of aryl methyl sites for hydroxylation is 4. The van der Waals surface area contributed by atoms with Crippen molar-refractivity contribution < 1.29 is 17.6 Å². The molecule has 0 atom stereocenters. The minimum Gasteiger partial charge on any atom is -0.429 e. The molecule has 0 fully saturated rings. The van der Waals surface area contributed by atoms with E-state index >= 15 is 0 Å². The quantitative estimate of drug-likeness (QED) is 0.444. The molecule has 3 aromatic carbocycles. The molecule has 4 aromatic rings. The van der Waals surface area contributed by atoms with E-state index in [1.807, 2.05) is 38.1 Å². The number of hydrogen-bond acceptors (Lipinski definition) is 5. The molecular weight excluding hydrogens is 444 g/mol. The van der Waals surface area contributed by atoms with Crippen LogP contribution in [0, 0.1) is 27.7 Å². The second-order valence-electron chi connectivity index (χ2n) is 7.75. The first-order valence-corrected chi connectivity index (χ1v) is 12.2. The summed E-state index contributed by atoms with van der Waals surface area (Å²) in [5, 5.41) is 0. The van der Waals surface area contributed by atoms with E-state index in [-0.39, 0.29) is 9.76 Å². The van der Waals surface area contributed by atoms with Gasteiger partial charge in [0.2, 0.25) is 0 Å². The molecule has 164 valence electrons. The SMILES string of the molecule is Cc1ccc(C(=O)N=c2oc3ccc(NS(=O)(=O)c4c(C)cc(C)cc4C)cc3s2)cc1. The van der Waals surface area contributed by atoms with Gasteiger partial charge in [0, 0.05) is 5.56 Å². The fourth-order valence-corrected chi connectivity index (χ4v) is 5.98. The van der Waals surface area contributed by atoms with E-state index in [9.17, 15) is 13.2 Å². The lowest BCUT2D eigenvalue weighted by Gasteiger charge is -2.13. The first kappa shape index (κ1) is 22.0. The van der Waals surface area contributed by atoms with Crippen LogP contribution in [-0.4, -0.2) is 14.3 Å². The second kappa shape index (κ2) is 8.37. The predicted octanol–water partition coefficient (Wildman–Crippen LogP) is 5.27. The predicted molar refractivity (Wildman–Crippen MR) is 127 cm³/mol. The highest BCUT2D eigenvalue weighted by molar-refractivity contribution is 7.92. The third-order valence-electron chi connectivity index (χ3n) is 4.96. The Morgan fingerprint density at radius 1 is 0.906 bits per heavy atom. The van der Waals surface area contributed by atoms with Gasteiger partial charge in [0.25, 0.3) is 20.8 Å². The van der Waals surface area contributed by atoms with Crippen LogP contribution in [0.25, 0.3) is 10.3 Å². The molecule has 32 heavy (non-hydrogen) atoms. The number of nitrogens with one attached hydrogen (secondary N) is 1. The molecule has 0 saturated carbocycles. The normalized spacial score (nSPS) is 12.3. The molecule has 8 heteroatoms. The van der Waals surface area contributed by atoms with Crippen LogP contribution in [0.2, 0.25) is 0 Å². The van der Waals surface area contributed by atoms with Crippen LogP contribution in [0.3, 0.4) is 0 Å². The Morgan fingerprint density at radius 2 is 1.56 bits per heavy atom. The zero-order chi connectivity index (χ0) is 23.0. The van der Waals surface area contributed by atoms with Crippen molar-refractivity contribution in [1.29, 1.82) is 0 Å². The van der Waals surface area contributed by atoms with E-state index in [0.29, 0.717) is 32.7 Å². The first-order valence-electron chi connectivity index (χ1n) is 9.92. The van der Waals surface area contributed by atoms with Gasteiger partial charge in [0.05, 0.1) is 15.3 Å². The Morgan fingerprint density at radius 3 is 2.22 bits per heavy atom. The van der Waals surface area contributed by atoms with E-state index in [1.165, 1.54) is 11.3 Å². The number of nitrogens with zero attached hydrogens (tertiary/aromatic N) is 1. The van der Waals surface area contributed by atoms with Gasteiger partial charge in [-0.2, -0.15) is 4.99 Å². The van der Waals surface area contributed by atoms with Crippen LogP contribution in [0.15, 0.2) is 68.9 Å². The molecule has 0 aliphatic rings. The lowest BCUT2D eigenvalue weighted by atomic mass is 10.1. The molecule has 1 aromatic heterocycles. The molecule has 0 saturated heterocycles. The Balaban J connectivity index is 1.65. The van der Waals surface area contributed by atoms with Gasteiger partial charge in [0.15, 0.2) is 0 Å². The highest BCUT2D eigenvalue weighted by Crippen LogP contribution is 2.27. The molecule has 0 aliphatic heterocycles. The first-order chi connectivity index (χ1) is 15.1. The van der Waals surface area contributed by atoms with Crippen molar-refractivity contribution in [2.45, 2.75) is 32.6 Å². The summed E-state index contributed by atoms with van der Waals surface area (Å²) < 4.78 is 35.0. The molecule has 4 rings (SSSR count). The van der Waals surface area contributed by atoms with Crippen molar-refractivity contribution >= 4 is 43.2 Å². The van der Waals surface area contributed by atoms with E-state index < -0.39 is 15.9 Å². The molecule has 0 aliphatic carbocycles. The maximum atomic E-state index is 13.0. The fraction of sp³-hybridized carbons (Fsp3) is 0.167. The molecule has 0 bridgehead atoms. The summed E-state index contributed by atoms with van der Waals surface area (Å²) in [7, 11) is -3.77. The number of amides is 1. The molecule has 6 nitrogen and oxygen atoms in total. The Kier molecular flexibility index (Phi) is 5.75.